The smallest absolute Gasteiger partial charge is 0.342 e. The Labute approximate surface area is 178 Å². The summed E-state index contributed by atoms with van der Waals surface area (Å²) in [5.41, 5.74) is 3.37. The second kappa shape index (κ2) is 8.47. The van der Waals surface area contributed by atoms with Gasteiger partial charge in [0.05, 0.1) is 11.3 Å². The first-order valence-electron chi connectivity index (χ1n) is 9.76. The van der Waals surface area contributed by atoms with Gasteiger partial charge in [0.15, 0.2) is 0 Å². The van der Waals surface area contributed by atoms with Gasteiger partial charge < -0.3 is 18.4 Å². The van der Waals surface area contributed by atoms with E-state index in [-0.39, 0.29) is 18.8 Å². The summed E-state index contributed by atoms with van der Waals surface area (Å²) in [4.78, 5) is 24.7. The number of esters is 1. The van der Waals surface area contributed by atoms with Gasteiger partial charge in [-0.25, -0.2) is 9.59 Å². The lowest BCUT2D eigenvalue weighted by molar-refractivity contribution is 0.0468. The lowest BCUT2D eigenvalue weighted by Crippen LogP contribution is -2.10. The summed E-state index contributed by atoms with van der Waals surface area (Å²) in [6, 6.07) is 13.7. The van der Waals surface area contributed by atoms with Gasteiger partial charge in [-0.2, -0.15) is 0 Å². The van der Waals surface area contributed by atoms with E-state index in [1.165, 1.54) is 6.07 Å². The molecule has 0 unspecified atom stereocenters. The molecule has 0 atom stereocenters. The lowest BCUT2D eigenvalue weighted by Gasteiger charge is -2.12. The average Bonchev–Trinajstić information content (AvgIpc) is 3.07. The standard InChI is InChI=1S/C24H21NO6/c1-14-8-9-18-17(11-23(26)30-22(18)10-14)12-29-24(27)19-6-4-5-7-21(19)28-13-20-15(2)25-31-16(20)3/h4-11H,12-13H2,1-3H3. The highest BCUT2D eigenvalue weighted by Gasteiger charge is 2.17. The molecule has 158 valence electrons. The fraction of sp³-hybridized carbons (Fsp3) is 0.208. The van der Waals surface area contributed by atoms with Crippen molar-refractivity contribution in [2.24, 2.45) is 0 Å². The van der Waals surface area contributed by atoms with E-state index in [1.807, 2.05) is 26.0 Å². The van der Waals surface area contributed by atoms with Crippen molar-refractivity contribution < 1.29 is 23.2 Å². The number of aryl methyl sites for hydroxylation is 3. The Kier molecular flexibility index (Phi) is 5.58. The molecule has 7 heteroatoms. The Morgan fingerprint density at radius 3 is 2.61 bits per heavy atom. The van der Waals surface area contributed by atoms with E-state index in [0.717, 1.165) is 22.2 Å². The van der Waals surface area contributed by atoms with Crippen molar-refractivity contribution in [3.63, 3.8) is 0 Å². The molecule has 0 amide bonds. The van der Waals surface area contributed by atoms with Crippen LogP contribution in [0.4, 0.5) is 0 Å². The predicted molar refractivity (Wildman–Crippen MR) is 113 cm³/mol. The molecule has 0 fully saturated rings. The van der Waals surface area contributed by atoms with Crippen LogP contribution in [0.2, 0.25) is 0 Å². The molecule has 0 aliphatic carbocycles. The molecule has 7 nitrogen and oxygen atoms in total. The van der Waals surface area contributed by atoms with Gasteiger partial charge in [-0.3, -0.25) is 0 Å². The van der Waals surface area contributed by atoms with Crippen LogP contribution in [0.15, 0.2) is 62.3 Å². The van der Waals surface area contributed by atoms with E-state index in [4.69, 9.17) is 18.4 Å². The number of rotatable bonds is 6. The van der Waals surface area contributed by atoms with Crippen LogP contribution in [0.3, 0.4) is 0 Å². The summed E-state index contributed by atoms with van der Waals surface area (Å²) in [5, 5.41) is 4.63. The van der Waals surface area contributed by atoms with Crippen LogP contribution in [-0.4, -0.2) is 11.1 Å². The molecule has 4 aromatic rings. The zero-order valence-electron chi connectivity index (χ0n) is 17.4. The largest absolute Gasteiger partial charge is 0.488 e. The van der Waals surface area contributed by atoms with E-state index in [9.17, 15) is 9.59 Å². The van der Waals surface area contributed by atoms with Gasteiger partial charge in [0.2, 0.25) is 0 Å². The summed E-state index contributed by atoms with van der Waals surface area (Å²) >= 11 is 0. The number of carbonyl (C=O) groups excluding carboxylic acids is 1. The maximum Gasteiger partial charge on any atom is 0.342 e. The molecule has 2 aromatic carbocycles. The highest BCUT2D eigenvalue weighted by atomic mass is 16.5. The van der Waals surface area contributed by atoms with Crippen LogP contribution in [-0.2, 0) is 18.0 Å². The van der Waals surface area contributed by atoms with Crippen LogP contribution >= 0.6 is 0 Å². The van der Waals surface area contributed by atoms with Crippen LogP contribution in [0.1, 0.15) is 38.5 Å². The second-order valence-corrected chi connectivity index (χ2v) is 7.25. The molecule has 0 spiro atoms. The van der Waals surface area contributed by atoms with Gasteiger partial charge in [-0.1, -0.05) is 29.4 Å². The van der Waals surface area contributed by atoms with E-state index in [2.05, 4.69) is 5.16 Å². The van der Waals surface area contributed by atoms with Crippen molar-refractivity contribution in [3.05, 3.63) is 92.7 Å². The van der Waals surface area contributed by atoms with Crippen molar-refractivity contribution in [2.45, 2.75) is 34.0 Å². The summed E-state index contributed by atoms with van der Waals surface area (Å²) in [7, 11) is 0. The van der Waals surface area contributed by atoms with Gasteiger partial charge >= 0.3 is 11.6 Å². The first kappa shape index (κ1) is 20.4. The molecular weight excluding hydrogens is 398 g/mol. The lowest BCUT2D eigenvalue weighted by atomic mass is 10.1. The molecule has 2 heterocycles. The number of para-hydroxylation sites is 1. The van der Waals surface area contributed by atoms with Gasteiger partial charge in [0.1, 0.15) is 35.9 Å². The summed E-state index contributed by atoms with van der Waals surface area (Å²) in [5.74, 6) is 0.506. The monoisotopic (exact) mass is 419 g/mol. The third-order valence-electron chi connectivity index (χ3n) is 5.00. The van der Waals surface area contributed by atoms with Crippen molar-refractivity contribution in [1.29, 1.82) is 0 Å². The Morgan fingerprint density at radius 1 is 1.03 bits per heavy atom. The van der Waals surface area contributed by atoms with Crippen molar-refractivity contribution >= 4 is 16.9 Å². The first-order chi connectivity index (χ1) is 14.9. The van der Waals surface area contributed by atoms with Crippen LogP contribution in [0.5, 0.6) is 5.75 Å². The molecule has 0 saturated carbocycles. The second-order valence-electron chi connectivity index (χ2n) is 7.25. The minimum absolute atomic E-state index is 0.0673. The maximum absolute atomic E-state index is 12.8. The van der Waals surface area contributed by atoms with Gasteiger partial charge in [0.25, 0.3) is 0 Å². The minimum atomic E-state index is -0.553. The molecule has 0 saturated heterocycles. The Balaban J connectivity index is 1.52. The molecule has 0 bridgehead atoms. The molecule has 4 rings (SSSR count). The number of carbonyl (C=O) groups is 1. The number of ether oxygens (including phenoxy) is 2. The molecule has 31 heavy (non-hydrogen) atoms. The summed E-state index contributed by atoms with van der Waals surface area (Å²) in [6.07, 6.45) is 0. The maximum atomic E-state index is 12.8. The molecular formula is C24H21NO6. The van der Waals surface area contributed by atoms with Crippen LogP contribution in [0.25, 0.3) is 11.0 Å². The van der Waals surface area contributed by atoms with Gasteiger partial charge in [0, 0.05) is 17.0 Å². The highest BCUT2D eigenvalue weighted by molar-refractivity contribution is 5.92. The predicted octanol–water partition coefficient (Wildman–Crippen LogP) is 4.64. The van der Waals surface area contributed by atoms with Crippen molar-refractivity contribution in [2.75, 3.05) is 0 Å². The Morgan fingerprint density at radius 2 is 1.84 bits per heavy atom. The number of nitrogens with zero attached hydrogens (tertiary/aromatic N) is 1. The van der Waals surface area contributed by atoms with Crippen molar-refractivity contribution in [1.82, 2.24) is 5.16 Å². The number of benzene rings is 2. The van der Waals surface area contributed by atoms with Crippen LogP contribution < -0.4 is 10.4 Å². The number of hydrogen-bond acceptors (Lipinski definition) is 7. The Hall–Kier alpha value is -3.87. The molecule has 0 aliphatic rings. The fourth-order valence-corrected chi connectivity index (χ4v) is 3.30. The van der Waals surface area contributed by atoms with Gasteiger partial charge in [-0.15, -0.1) is 0 Å². The molecule has 0 radical (unpaired) electrons. The zero-order chi connectivity index (χ0) is 22.0. The topological polar surface area (TPSA) is 91.8 Å². The Bertz CT molecular complexity index is 1300. The molecule has 0 N–H and O–H groups in total. The van der Waals surface area contributed by atoms with E-state index in [0.29, 0.717) is 22.7 Å². The normalized spacial score (nSPS) is 10.9. The third-order valence-corrected chi connectivity index (χ3v) is 5.00. The van der Waals surface area contributed by atoms with Crippen LogP contribution in [0, 0.1) is 20.8 Å². The average molecular weight is 419 g/mol. The number of hydrogen-bond donors (Lipinski definition) is 0. The van der Waals surface area contributed by atoms with E-state index >= 15 is 0 Å². The SMILES string of the molecule is Cc1ccc2c(COC(=O)c3ccccc3OCc3c(C)noc3C)cc(=O)oc2c1. The zero-order valence-corrected chi connectivity index (χ0v) is 17.4. The van der Waals surface area contributed by atoms with Gasteiger partial charge in [-0.05, 0) is 44.5 Å². The van der Waals surface area contributed by atoms with E-state index in [1.54, 1.807) is 37.3 Å². The van der Waals surface area contributed by atoms with E-state index < -0.39 is 11.6 Å². The summed E-state index contributed by atoms with van der Waals surface area (Å²) in [6.45, 7) is 5.70. The molecule has 2 aromatic heterocycles. The number of fused-ring (bicyclic) bond motifs is 1. The molecule has 0 aliphatic heterocycles. The quantitative estimate of drug-likeness (QED) is 0.332. The highest BCUT2D eigenvalue weighted by Crippen LogP contribution is 2.24. The first-order valence-corrected chi connectivity index (χ1v) is 9.76. The fourth-order valence-electron chi connectivity index (χ4n) is 3.30. The summed E-state index contributed by atoms with van der Waals surface area (Å²) < 4.78 is 21.8. The third kappa shape index (κ3) is 4.35. The number of aromatic nitrogens is 1. The van der Waals surface area contributed by atoms with Crippen molar-refractivity contribution in [3.8, 4) is 5.75 Å². The minimum Gasteiger partial charge on any atom is -0.488 e.